The van der Waals surface area contributed by atoms with Crippen LogP contribution in [0.2, 0.25) is 0 Å². The summed E-state index contributed by atoms with van der Waals surface area (Å²) in [6.45, 7) is 10.7. The van der Waals surface area contributed by atoms with E-state index in [2.05, 4.69) is 83.6 Å². The predicted octanol–water partition coefficient (Wildman–Crippen LogP) is 11.1. The van der Waals surface area contributed by atoms with Crippen LogP contribution in [0.5, 0.6) is 0 Å². The highest BCUT2D eigenvalue weighted by Gasteiger charge is 2.43. The van der Waals surface area contributed by atoms with Gasteiger partial charge < -0.3 is 40.4 Å². The van der Waals surface area contributed by atoms with E-state index in [4.69, 9.17) is 0 Å². The zero-order chi connectivity index (χ0) is 59.2. The summed E-state index contributed by atoms with van der Waals surface area (Å²) in [4.78, 5) is 55.3. The van der Waals surface area contributed by atoms with E-state index in [9.17, 15) is 44.3 Å². The molecule has 4 saturated carbocycles. The second-order valence-electron chi connectivity index (χ2n) is 23.5. The maximum atomic E-state index is 14.2. The van der Waals surface area contributed by atoms with Gasteiger partial charge in [-0.2, -0.15) is 26.3 Å². The summed E-state index contributed by atoms with van der Waals surface area (Å²) in [7, 11) is -0.844. The molecule has 14 rings (SSSR count). The van der Waals surface area contributed by atoms with E-state index < -0.39 is 45.1 Å². The minimum absolute atomic E-state index is 0.0408. The summed E-state index contributed by atoms with van der Waals surface area (Å²) in [5.74, 6) is 0.852. The first-order valence-corrected chi connectivity index (χ1v) is 33.3. The number of likely N-dealkylation sites (N-methyl/N-ethyl adjacent to an activating group) is 1. The average molecular weight is 1250 g/mol. The molecular formula is C59H64F6N12O4S4. The Balaban J connectivity index is 0.000000158. The van der Waals surface area contributed by atoms with Crippen LogP contribution in [0.15, 0.2) is 70.7 Å². The Morgan fingerprint density at radius 3 is 1.47 bits per heavy atom. The van der Waals surface area contributed by atoms with Gasteiger partial charge in [0.2, 0.25) is 11.9 Å². The van der Waals surface area contributed by atoms with Gasteiger partial charge in [0.05, 0.1) is 52.5 Å². The molecule has 8 heterocycles. The van der Waals surface area contributed by atoms with Crippen molar-refractivity contribution in [3.05, 3.63) is 92.9 Å². The fourth-order valence-electron chi connectivity index (χ4n) is 11.7. The number of fused-ring (bicyclic) bond motifs is 2. The van der Waals surface area contributed by atoms with Crippen LogP contribution in [0.3, 0.4) is 0 Å². The van der Waals surface area contributed by atoms with Gasteiger partial charge in [0.25, 0.3) is 11.8 Å². The first-order valence-electron chi connectivity index (χ1n) is 29.0. The van der Waals surface area contributed by atoms with E-state index >= 15 is 0 Å². The quantitative estimate of drug-likeness (QED) is 0.0988. The number of thiophene rings is 2. The third-order valence-electron chi connectivity index (χ3n) is 17.1. The van der Waals surface area contributed by atoms with Crippen LogP contribution in [0.25, 0.3) is 21.1 Å². The fraction of sp³-hybridized carbons (Fsp3) is 0.492. The van der Waals surface area contributed by atoms with Gasteiger partial charge in [-0.3, -0.25) is 18.0 Å². The van der Waals surface area contributed by atoms with Gasteiger partial charge in [-0.1, -0.05) is 0 Å². The third-order valence-corrected chi connectivity index (χ3v) is 22.4. The first kappa shape index (κ1) is 58.0. The average Bonchev–Trinajstić information content (AvgIpc) is 3.34. The monoisotopic (exact) mass is 1250 g/mol. The van der Waals surface area contributed by atoms with E-state index in [1.165, 1.54) is 12.1 Å². The number of aromatic nitrogens is 4. The lowest BCUT2D eigenvalue weighted by atomic mass is 10.1. The molecule has 2 amide bonds. The van der Waals surface area contributed by atoms with Crippen LogP contribution >= 0.6 is 22.7 Å². The van der Waals surface area contributed by atoms with E-state index in [-0.39, 0.29) is 78.2 Å². The number of nitrogens with zero attached hydrogens (tertiary/aromatic N) is 9. The van der Waals surface area contributed by atoms with Crippen molar-refractivity contribution in [2.75, 3.05) is 91.3 Å². The molecule has 0 spiro atoms. The highest BCUT2D eigenvalue weighted by atomic mass is 32.2. The molecule has 6 fully saturated rings. The summed E-state index contributed by atoms with van der Waals surface area (Å²) in [6.07, 6.45) is -0.0454. The zero-order valence-electron chi connectivity index (χ0n) is 47.0. The minimum Gasteiger partial charge on any atom is -0.369 e. The van der Waals surface area contributed by atoms with Crippen LogP contribution in [0.4, 0.5) is 61.0 Å². The second kappa shape index (κ2) is 22.9. The molecule has 4 aromatic heterocycles. The van der Waals surface area contributed by atoms with Crippen molar-refractivity contribution in [1.82, 2.24) is 40.0 Å². The van der Waals surface area contributed by atoms with Crippen molar-refractivity contribution >= 4 is 90.7 Å². The minimum atomic E-state index is -4.71. The number of hydrogen-bond donors (Lipinski definition) is 3. The number of piperazine rings is 2. The van der Waals surface area contributed by atoms with Crippen LogP contribution in [-0.2, 0) is 34.0 Å². The molecule has 4 aliphatic heterocycles. The number of carbonyl (C=O) groups is 2. The highest BCUT2D eigenvalue weighted by molar-refractivity contribution is 7.85. The van der Waals surface area contributed by atoms with Crippen molar-refractivity contribution in [1.29, 1.82) is 0 Å². The number of amides is 2. The van der Waals surface area contributed by atoms with Crippen LogP contribution in [0, 0.1) is 0 Å². The van der Waals surface area contributed by atoms with E-state index in [0.717, 1.165) is 160 Å². The molecule has 4 unspecified atom stereocenters. The number of carbonyl (C=O) groups excluding carboxylic acids is 2. The van der Waals surface area contributed by atoms with Crippen molar-refractivity contribution in [2.24, 2.45) is 0 Å². The van der Waals surface area contributed by atoms with Crippen LogP contribution < -0.4 is 25.8 Å². The van der Waals surface area contributed by atoms with E-state index in [1.807, 2.05) is 24.3 Å². The molecule has 6 aromatic rings. The molecule has 85 heavy (non-hydrogen) atoms. The Morgan fingerprint density at radius 2 is 1.06 bits per heavy atom. The lowest BCUT2D eigenvalue weighted by Crippen LogP contribution is -2.50. The van der Waals surface area contributed by atoms with Gasteiger partial charge in [0.1, 0.15) is 20.9 Å². The molecule has 4 aliphatic carbocycles. The molecule has 2 aromatic carbocycles. The van der Waals surface area contributed by atoms with Gasteiger partial charge >= 0.3 is 12.4 Å². The maximum Gasteiger partial charge on any atom is 0.420 e. The zero-order valence-corrected chi connectivity index (χ0v) is 50.3. The van der Waals surface area contributed by atoms with Gasteiger partial charge in [0, 0.05) is 123 Å². The molecule has 3 N–H and O–H groups in total. The molecule has 0 radical (unpaired) electrons. The molecular weight excluding hydrogens is 1180 g/mol. The Morgan fingerprint density at radius 1 is 0.600 bits per heavy atom. The van der Waals surface area contributed by atoms with Crippen molar-refractivity contribution in [3.63, 3.8) is 0 Å². The Kier molecular flexibility index (Phi) is 15.6. The number of rotatable bonds is 12. The highest BCUT2D eigenvalue weighted by Crippen LogP contribution is 2.49. The smallest absolute Gasteiger partial charge is 0.369 e. The Bertz CT molecular complexity index is 3640. The number of anilines is 6. The first-order chi connectivity index (χ1) is 40.7. The molecule has 16 nitrogen and oxygen atoms in total. The van der Waals surface area contributed by atoms with Crippen LogP contribution in [0.1, 0.15) is 119 Å². The summed E-state index contributed by atoms with van der Waals surface area (Å²) >= 11 is 1.86. The Hall–Kier alpha value is -6.06. The van der Waals surface area contributed by atoms with Gasteiger partial charge in [-0.15, -0.1) is 22.7 Å². The Labute approximate surface area is 501 Å². The summed E-state index contributed by atoms with van der Waals surface area (Å²) < 4.78 is 111. The molecule has 0 bridgehead atoms. The van der Waals surface area contributed by atoms with Crippen molar-refractivity contribution in [3.8, 4) is 21.1 Å². The maximum absolute atomic E-state index is 14.2. The molecule has 26 heteroatoms. The normalized spacial score (nSPS) is 23.2. The predicted molar refractivity (Wildman–Crippen MR) is 319 cm³/mol. The molecule has 8 aliphatic rings. The SMILES string of the molecule is CC1CN(c2ccc(Nc3ncc(C(F)(F)F)c(-c4cc5c(s4)C(=O)N(C4CC4)CCS5=O)n3)c(C3CC3)c2)CCN1.CC1CN(c2ccc(Nc3ncc(C(F)(F)F)c(-c4cc5c(s4)C(=O)N(C4CC4)CCS5=O)n3)c(C3CC3)c2)CCN1C. The standard InChI is InChI=1S/C30H33F3N6O2S2.C29H31F3N6O2S2/c1-17-16-38(10-9-37(17)2)20-7-8-23(21(13-20)18-3-4-18)35-29-34-15-22(30(31,32)33)26(36-29)24-14-25-27(42-24)28(40)39(19-5-6-19)11-12-43(25)41;1-16-15-37(9-8-33-16)19-6-7-22(20(12-19)17-2-3-17)35-28-34-14-21(29(30,31)32)25(36-28)23-13-24-26(41-23)27(39)38(18-4-5-18)10-11-42(24)40/h7-8,13-15,17-19H,3-6,9-12,16H2,1-2H3,(H,34,35,36);6-7,12-14,16-18,33H,2-5,8-11,15H2,1H3,(H,34,35,36). The largest absolute Gasteiger partial charge is 0.420 e. The topological polar surface area (TPSA) is 172 Å². The van der Waals surface area contributed by atoms with Crippen molar-refractivity contribution in [2.45, 2.75) is 123 Å². The number of hydrogen-bond acceptors (Lipinski definition) is 16. The van der Waals surface area contributed by atoms with Gasteiger partial charge in [-0.25, -0.2) is 19.9 Å². The number of benzene rings is 2. The lowest BCUT2D eigenvalue weighted by molar-refractivity contribution is -0.138. The van der Waals surface area contributed by atoms with Crippen LogP contribution in [-0.4, -0.2) is 150 Å². The van der Waals surface area contributed by atoms with E-state index in [0.29, 0.717) is 46.8 Å². The van der Waals surface area contributed by atoms with Gasteiger partial charge in [0.15, 0.2) is 0 Å². The third kappa shape index (κ3) is 12.3. The van der Waals surface area contributed by atoms with E-state index in [1.54, 1.807) is 9.80 Å². The lowest BCUT2D eigenvalue weighted by Gasteiger charge is -2.39. The summed E-state index contributed by atoms with van der Waals surface area (Å²) in [6, 6.07) is 16.3. The van der Waals surface area contributed by atoms with Gasteiger partial charge in [-0.05, 0) is 144 Å². The van der Waals surface area contributed by atoms with Crippen molar-refractivity contribution < 1.29 is 44.3 Å². The fourth-order valence-corrected chi connectivity index (χ4v) is 16.9. The summed E-state index contributed by atoms with van der Waals surface area (Å²) in [5.41, 5.74) is 3.40. The number of alkyl halides is 6. The molecule has 4 atom stereocenters. The summed E-state index contributed by atoms with van der Waals surface area (Å²) in [5, 5.41) is 9.85. The number of halogens is 6. The molecule has 2 saturated heterocycles. The second-order valence-corrected chi connectivity index (χ2v) is 28.7. The molecule has 450 valence electrons. The number of nitrogens with one attached hydrogen (secondary N) is 3.